The van der Waals surface area contributed by atoms with E-state index in [0.717, 1.165) is 36.1 Å². The van der Waals surface area contributed by atoms with Crippen molar-refractivity contribution in [2.75, 3.05) is 26.7 Å². The number of H-pyrrole nitrogens is 1. The third-order valence-corrected chi connectivity index (χ3v) is 7.10. The van der Waals surface area contributed by atoms with Crippen LogP contribution in [-0.2, 0) is 20.9 Å². The van der Waals surface area contributed by atoms with Crippen LogP contribution < -0.4 is 5.32 Å². The van der Waals surface area contributed by atoms with Gasteiger partial charge in [0.25, 0.3) is 0 Å². The van der Waals surface area contributed by atoms with Crippen molar-refractivity contribution >= 4 is 28.7 Å². The first-order valence-corrected chi connectivity index (χ1v) is 11.8. The zero-order chi connectivity index (χ0) is 23.8. The molecule has 33 heavy (non-hydrogen) atoms. The summed E-state index contributed by atoms with van der Waals surface area (Å²) in [6, 6.07) is 5.11. The average molecular weight is 455 g/mol. The first-order valence-electron chi connectivity index (χ1n) is 11.8. The predicted octanol–water partition coefficient (Wildman–Crippen LogP) is 2.68. The molecule has 0 saturated carbocycles. The maximum absolute atomic E-state index is 13.2. The Morgan fingerprint density at radius 1 is 1.24 bits per heavy atom. The second-order valence-corrected chi connectivity index (χ2v) is 9.61. The summed E-state index contributed by atoms with van der Waals surface area (Å²) in [5, 5.41) is 4.10. The maximum Gasteiger partial charge on any atom is 0.337 e. The van der Waals surface area contributed by atoms with Gasteiger partial charge in [-0.05, 0) is 49.8 Å². The molecule has 1 spiro atoms. The van der Waals surface area contributed by atoms with Crippen molar-refractivity contribution in [1.29, 1.82) is 0 Å². The number of nitrogens with one attached hydrogen (secondary N) is 2. The van der Waals surface area contributed by atoms with Gasteiger partial charge in [-0.15, -0.1) is 0 Å². The third kappa shape index (κ3) is 4.24. The zero-order valence-corrected chi connectivity index (χ0v) is 19.9. The Hall–Kier alpha value is -2.87. The molecule has 0 radical (unpaired) electrons. The van der Waals surface area contributed by atoms with E-state index < -0.39 is 11.6 Å². The Morgan fingerprint density at radius 3 is 2.61 bits per heavy atom. The molecular weight excluding hydrogens is 420 g/mol. The summed E-state index contributed by atoms with van der Waals surface area (Å²) in [6.07, 6.45) is 3.90. The fraction of sp³-hybridized carbons (Fsp3) is 0.560. The Kier molecular flexibility index (Phi) is 6.47. The lowest BCUT2D eigenvalue weighted by atomic mass is 9.81. The van der Waals surface area contributed by atoms with Crippen LogP contribution in [0, 0.1) is 5.92 Å². The van der Waals surface area contributed by atoms with Gasteiger partial charge in [0.05, 0.1) is 12.7 Å². The van der Waals surface area contributed by atoms with Crippen LogP contribution >= 0.6 is 0 Å². The number of carbonyl (C=O) groups excluding carboxylic acids is 3. The molecule has 2 aliphatic rings. The van der Waals surface area contributed by atoms with Crippen molar-refractivity contribution in [3.63, 3.8) is 0 Å². The fourth-order valence-electron chi connectivity index (χ4n) is 5.35. The predicted molar refractivity (Wildman–Crippen MR) is 126 cm³/mol. The lowest BCUT2D eigenvalue weighted by molar-refractivity contribution is -0.161. The number of likely N-dealkylation sites (tertiary alicyclic amines) is 1. The van der Waals surface area contributed by atoms with E-state index in [1.807, 2.05) is 24.1 Å². The number of amides is 2. The zero-order valence-electron chi connectivity index (χ0n) is 19.9. The van der Waals surface area contributed by atoms with Gasteiger partial charge < -0.3 is 19.9 Å². The minimum Gasteiger partial charge on any atom is -0.465 e. The Morgan fingerprint density at radius 2 is 1.97 bits per heavy atom. The monoisotopic (exact) mass is 454 g/mol. The number of rotatable bonds is 6. The number of hydrogen-bond donors (Lipinski definition) is 2. The molecule has 1 aromatic carbocycles. The van der Waals surface area contributed by atoms with E-state index in [2.05, 4.69) is 29.0 Å². The number of piperidine rings is 1. The largest absolute Gasteiger partial charge is 0.465 e. The average Bonchev–Trinajstić information content (AvgIpc) is 3.20. The molecular formula is C25H34N4O4. The van der Waals surface area contributed by atoms with Crippen LogP contribution in [0.1, 0.15) is 56.0 Å². The van der Waals surface area contributed by atoms with E-state index in [0.29, 0.717) is 37.3 Å². The van der Waals surface area contributed by atoms with Crippen LogP contribution in [0.15, 0.2) is 24.4 Å². The van der Waals surface area contributed by atoms with Crippen LogP contribution in [0.2, 0.25) is 0 Å². The summed E-state index contributed by atoms with van der Waals surface area (Å²) in [7, 11) is 1.38. The molecule has 0 bridgehead atoms. The number of ether oxygens (including phenoxy) is 1. The van der Waals surface area contributed by atoms with Crippen molar-refractivity contribution in [3.05, 3.63) is 35.5 Å². The molecule has 2 aliphatic heterocycles. The number of esters is 1. The molecule has 2 N–H and O–H groups in total. The van der Waals surface area contributed by atoms with Crippen molar-refractivity contribution < 1.29 is 19.1 Å². The minimum absolute atomic E-state index is 0.00307. The van der Waals surface area contributed by atoms with Crippen molar-refractivity contribution in [2.24, 2.45) is 5.92 Å². The number of piperazine rings is 1. The van der Waals surface area contributed by atoms with E-state index >= 15 is 0 Å². The molecule has 0 aliphatic carbocycles. The Labute approximate surface area is 194 Å². The number of fused-ring (bicyclic) bond motifs is 1. The number of aromatic nitrogens is 1. The number of likely N-dealkylation sites (N-methyl/N-ethyl adjacent to an activating group) is 1. The smallest absolute Gasteiger partial charge is 0.337 e. The van der Waals surface area contributed by atoms with Crippen LogP contribution in [0.25, 0.3) is 10.9 Å². The van der Waals surface area contributed by atoms with Crippen LogP contribution in [0.4, 0.5) is 0 Å². The molecule has 8 nitrogen and oxygen atoms in total. The normalized spacial score (nSPS) is 21.1. The molecule has 2 saturated heterocycles. The lowest BCUT2D eigenvalue weighted by Gasteiger charge is -2.51. The second kappa shape index (κ2) is 9.17. The van der Waals surface area contributed by atoms with Gasteiger partial charge in [-0.2, -0.15) is 0 Å². The standard InChI is InChI=1S/C25H34N4O4/c1-5-29-22(30)21(12-16(2)3)27-24(32)25(29)8-10-28(11-9-25)15-18-14-26-20-13-17(23(31)33-4)6-7-19(18)20/h6-7,13-14,16,21,26H,5,8-12,15H2,1-4H3,(H,27,32). The molecule has 2 aromatic rings. The number of carbonyl (C=O) groups is 3. The summed E-state index contributed by atoms with van der Waals surface area (Å²) in [4.78, 5) is 45.6. The van der Waals surface area contributed by atoms with Gasteiger partial charge in [0, 0.05) is 43.3 Å². The van der Waals surface area contributed by atoms with E-state index in [9.17, 15) is 14.4 Å². The fourth-order valence-corrected chi connectivity index (χ4v) is 5.35. The van der Waals surface area contributed by atoms with Gasteiger partial charge in [0.2, 0.25) is 11.8 Å². The highest BCUT2D eigenvalue weighted by atomic mass is 16.5. The van der Waals surface area contributed by atoms with Crippen molar-refractivity contribution in [3.8, 4) is 0 Å². The molecule has 8 heteroatoms. The minimum atomic E-state index is -0.745. The topological polar surface area (TPSA) is 94.7 Å². The highest BCUT2D eigenvalue weighted by Crippen LogP contribution is 2.34. The molecule has 1 unspecified atom stereocenters. The molecule has 1 aromatic heterocycles. The highest BCUT2D eigenvalue weighted by molar-refractivity contribution is 6.00. The van der Waals surface area contributed by atoms with E-state index in [-0.39, 0.29) is 17.8 Å². The quantitative estimate of drug-likeness (QED) is 0.655. The number of methoxy groups -OCH3 is 1. The van der Waals surface area contributed by atoms with Gasteiger partial charge >= 0.3 is 5.97 Å². The second-order valence-electron chi connectivity index (χ2n) is 9.61. The maximum atomic E-state index is 13.2. The molecule has 1 atom stereocenters. The van der Waals surface area contributed by atoms with Crippen LogP contribution in [0.3, 0.4) is 0 Å². The number of hydrogen-bond acceptors (Lipinski definition) is 5. The Bertz CT molecular complexity index is 1050. The number of aromatic amines is 1. The summed E-state index contributed by atoms with van der Waals surface area (Å²) in [5.74, 6) is 0.0356. The SMILES string of the molecule is CCN1C(=O)C(CC(C)C)NC(=O)C12CCN(Cc1c[nH]c3cc(C(=O)OC)ccc13)CC2. The number of benzene rings is 1. The van der Waals surface area contributed by atoms with Gasteiger partial charge in [-0.1, -0.05) is 19.9 Å². The van der Waals surface area contributed by atoms with Gasteiger partial charge in [0.15, 0.2) is 0 Å². The summed E-state index contributed by atoms with van der Waals surface area (Å²) < 4.78 is 4.81. The van der Waals surface area contributed by atoms with Crippen LogP contribution in [0.5, 0.6) is 0 Å². The van der Waals surface area contributed by atoms with Gasteiger partial charge in [0.1, 0.15) is 11.6 Å². The van der Waals surface area contributed by atoms with Crippen LogP contribution in [-0.4, -0.2) is 70.9 Å². The van der Waals surface area contributed by atoms with E-state index in [1.54, 1.807) is 12.1 Å². The van der Waals surface area contributed by atoms with Crippen molar-refractivity contribution in [1.82, 2.24) is 20.1 Å². The summed E-state index contributed by atoms with van der Waals surface area (Å²) in [6.45, 7) is 8.86. The van der Waals surface area contributed by atoms with Gasteiger partial charge in [-0.3, -0.25) is 14.5 Å². The molecule has 2 amide bonds. The lowest BCUT2D eigenvalue weighted by Crippen LogP contribution is -2.72. The highest BCUT2D eigenvalue weighted by Gasteiger charge is 2.52. The molecule has 178 valence electrons. The van der Waals surface area contributed by atoms with E-state index in [4.69, 9.17) is 4.74 Å². The van der Waals surface area contributed by atoms with Crippen molar-refractivity contribution in [2.45, 2.75) is 58.2 Å². The first-order chi connectivity index (χ1) is 15.8. The summed E-state index contributed by atoms with van der Waals surface area (Å²) >= 11 is 0. The first kappa shape index (κ1) is 23.3. The Balaban J connectivity index is 1.46. The number of nitrogens with zero attached hydrogens (tertiary/aromatic N) is 2. The third-order valence-electron chi connectivity index (χ3n) is 7.10. The van der Waals surface area contributed by atoms with Gasteiger partial charge in [-0.25, -0.2) is 4.79 Å². The van der Waals surface area contributed by atoms with E-state index in [1.165, 1.54) is 7.11 Å². The molecule has 3 heterocycles. The summed E-state index contributed by atoms with van der Waals surface area (Å²) in [5.41, 5.74) is 1.81. The molecule has 4 rings (SSSR count). The molecule has 2 fully saturated rings.